The Morgan fingerprint density at radius 1 is 1.37 bits per heavy atom. The first-order valence-corrected chi connectivity index (χ1v) is 6.43. The summed E-state index contributed by atoms with van der Waals surface area (Å²) in [5, 5.41) is 11.6. The van der Waals surface area contributed by atoms with Gasteiger partial charge in [-0.1, -0.05) is 5.16 Å². The molecule has 19 heavy (non-hydrogen) atoms. The van der Waals surface area contributed by atoms with E-state index in [0.29, 0.717) is 6.42 Å². The number of nitrogens with zero attached hydrogens (tertiary/aromatic N) is 5. The number of aromatic nitrogens is 2. The van der Waals surface area contributed by atoms with Crippen LogP contribution in [-0.2, 0) is 0 Å². The van der Waals surface area contributed by atoms with Crippen LogP contribution in [0.3, 0.4) is 0 Å². The second kappa shape index (κ2) is 6.33. The number of nitrogens with two attached hydrogens (primary N) is 1. The Balaban J connectivity index is 1.85. The first kappa shape index (κ1) is 13.5. The Hall–Kier alpha value is -1.89. The van der Waals surface area contributed by atoms with Gasteiger partial charge in [0.05, 0.1) is 0 Å². The molecule has 1 aromatic rings. The summed E-state index contributed by atoms with van der Waals surface area (Å²) in [6, 6.07) is 2.09. The van der Waals surface area contributed by atoms with E-state index in [1.54, 1.807) is 12.4 Å². The van der Waals surface area contributed by atoms with Crippen LogP contribution in [-0.4, -0.2) is 58.1 Å². The Bertz CT molecular complexity index is 415. The first-order chi connectivity index (χ1) is 9.20. The van der Waals surface area contributed by atoms with Crippen molar-refractivity contribution in [1.82, 2.24) is 14.9 Å². The highest BCUT2D eigenvalue weighted by Gasteiger charge is 2.22. The third-order valence-electron chi connectivity index (χ3n) is 3.41. The molecule has 0 bridgehead atoms. The molecule has 2 heterocycles. The van der Waals surface area contributed by atoms with Gasteiger partial charge in [0.15, 0.2) is 0 Å². The molecule has 1 saturated heterocycles. The average Bonchev–Trinajstić information content (AvgIpc) is 2.48. The van der Waals surface area contributed by atoms with E-state index in [1.165, 1.54) is 0 Å². The van der Waals surface area contributed by atoms with Gasteiger partial charge in [0.1, 0.15) is 5.84 Å². The van der Waals surface area contributed by atoms with Crippen molar-refractivity contribution in [1.29, 1.82) is 0 Å². The summed E-state index contributed by atoms with van der Waals surface area (Å²) in [4.78, 5) is 13.0. The van der Waals surface area contributed by atoms with Crippen molar-refractivity contribution in [3.63, 3.8) is 0 Å². The first-order valence-electron chi connectivity index (χ1n) is 6.43. The standard InChI is InChI=1S/C12H20N6O/c1-10(9-11(13)16-19)17-5-7-18(8-6-17)12-14-3-2-4-15-12/h2-4,10,19H,5-9H2,1H3,(H2,13,16). The predicted molar refractivity (Wildman–Crippen MR) is 73.3 cm³/mol. The van der Waals surface area contributed by atoms with Crippen LogP contribution in [0.15, 0.2) is 23.6 Å². The number of hydrogen-bond donors (Lipinski definition) is 2. The summed E-state index contributed by atoms with van der Waals surface area (Å²) in [6.45, 7) is 5.73. The van der Waals surface area contributed by atoms with Crippen LogP contribution in [0.1, 0.15) is 13.3 Å². The summed E-state index contributed by atoms with van der Waals surface area (Å²) in [5.74, 6) is 1.06. The van der Waals surface area contributed by atoms with E-state index in [-0.39, 0.29) is 11.9 Å². The Labute approximate surface area is 112 Å². The summed E-state index contributed by atoms with van der Waals surface area (Å²) < 4.78 is 0. The minimum Gasteiger partial charge on any atom is -0.409 e. The number of amidine groups is 1. The van der Waals surface area contributed by atoms with Crippen molar-refractivity contribution >= 4 is 11.8 Å². The maximum atomic E-state index is 8.59. The van der Waals surface area contributed by atoms with Crippen LogP contribution in [0.2, 0.25) is 0 Å². The topological polar surface area (TPSA) is 90.9 Å². The van der Waals surface area contributed by atoms with Gasteiger partial charge in [-0.25, -0.2) is 9.97 Å². The zero-order valence-corrected chi connectivity index (χ0v) is 11.1. The number of anilines is 1. The van der Waals surface area contributed by atoms with Crippen molar-refractivity contribution in [3.05, 3.63) is 18.5 Å². The van der Waals surface area contributed by atoms with Gasteiger partial charge in [0.2, 0.25) is 5.95 Å². The molecule has 104 valence electrons. The maximum Gasteiger partial charge on any atom is 0.225 e. The fraction of sp³-hybridized carbons (Fsp3) is 0.583. The molecule has 1 aliphatic heterocycles. The zero-order valence-electron chi connectivity index (χ0n) is 11.1. The third-order valence-corrected chi connectivity index (χ3v) is 3.41. The van der Waals surface area contributed by atoms with Crippen LogP contribution in [0.5, 0.6) is 0 Å². The van der Waals surface area contributed by atoms with Crippen LogP contribution >= 0.6 is 0 Å². The highest BCUT2D eigenvalue weighted by molar-refractivity contribution is 5.80. The fourth-order valence-electron chi connectivity index (χ4n) is 2.29. The molecule has 7 heteroatoms. The van der Waals surface area contributed by atoms with E-state index in [2.05, 4.69) is 31.8 Å². The highest BCUT2D eigenvalue weighted by Crippen LogP contribution is 2.13. The Morgan fingerprint density at radius 2 is 2.00 bits per heavy atom. The van der Waals surface area contributed by atoms with Gasteiger partial charge in [-0.3, -0.25) is 4.90 Å². The zero-order chi connectivity index (χ0) is 13.7. The lowest BCUT2D eigenvalue weighted by molar-refractivity contribution is 0.198. The lowest BCUT2D eigenvalue weighted by atomic mass is 10.1. The van der Waals surface area contributed by atoms with Crippen LogP contribution in [0.25, 0.3) is 0 Å². The molecule has 7 nitrogen and oxygen atoms in total. The van der Waals surface area contributed by atoms with Gasteiger partial charge >= 0.3 is 0 Å². The lowest BCUT2D eigenvalue weighted by Gasteiger charge is -2.37. The summed E-state index contributed by atoms with van der Waals surface area (Å²) in [5.41, 5.74) is 5.54. The molecule has 1 atom stereocenters. The minimum absolute atomic E-state index is 0.273. The van der Waals surface area contributed by atoms with Gasteiger partial charge in [-0.2, -0.15) is 0 Å². The molecule has 1 aromatic heterocycles. The highest BCUT2D eigenvalue weighted by atomic mass is 16.4. The molecular weight excluding hydrogens is 244 g/mol. The molecule has 0 saturated carbocycles. The van der Waals surface area contributed by atoms with Crippen molar-refractivity contribution in [2.75, 3.05) is 31.1 Å². The number of piperazine rings is 1. The molecule has 0 aliphatic carbocycles. The number of rotatable bonds is 4. The monoisotopic (exact) mass is 264 g/mol. The van der Waals surface area contributed by atoms with Gasteiger partial charge in [0, 0.05) is 51.0 Å². The quantitative estimate of drug-likeness (QED) is 0.347. The van der Waals surface area contributed by atoms with Crippen LogP contribution in [0.4, 0.5) is 5.95 Å². The summed E-state index contributed by atoms with van der Waals surface area (Å²) in [6.07, 6.45) is 4.10. The van der Waals surface area contributed by atoms with Crippen LogP contribution < -0.4 is 10.6 Å². The fourth-order valence-corrected chi connectivity index (χ4v) is 2.29. The van der Waals surface area contributed by atoms with E-state index in [9.17, 15) is 0 Å². The third kappa shape index (κ3) is 3.54. The van der Waals surface area contributed by atoms with Gasteiger partial charge < -0.3 is 15.8 Å². The van der Waals surface area contributed by atoms with Gasteiger partial charge in [0.25, 0.3) is 0 Å². The largest absolute Gasteiger partial charge is 0.409 e. The molecule has 3 N–H and O–H groups in total. The second-order valence-electron chi connectivity index (χ2n) is 4.72. The van der Waals surface area contributed by atoms with Crippen molar-refractivity contribution < 1.29 is 5.21 Å². The SMILES string of the molecule is CC(C/C(N)=N/O)N1CCN(c2ncccn2)CC1. The average molecular weight is 264 g/mol. The van der Waals surface area contributed by atoms with E-state index < -0.39 is 0 Å². The summed E-state index contributed by atoms with van der Waals surface area (Å²) in [7, 11) is 0. The number of hydrogen-bond acceptors (Lipinski definition) is 6. The molecular formula is C12H20N6O. The lowest BCUT2D eigenvalue weighted by Crippen LogP contribution is -2.50. The van der Waals surface area contributed by atoms with Crippen molar-refractivity contribution in [2.24, 2.45) is 10.9 Å². The van der Waals surface area contributed by atoms with Gasteiger partial charge in [-0.05, 0) is 13.0 Å². The van der Waals surface area contributed by atoms with E-state index in [1.807, 2.05) is 6.07 Å². The molecule has 0 radical (unpaired) electrons. The Morgan fingerprint density at radius 3 is 2.58 bits per heavy atom. The second-order valence-corrected chi connectivity index (χ2v) is 4.72. The van der Waals surface area contributed by atoms with Gasteiger partial charge in [-0.15, -0.1) is 0 Å². The van der Waals surface area contributed by atoms with Crippen molar-refractivity contribution in [2.45, 2.75) is 19.4 Å². The molecule has 1 unspecified atom stereocenters. The molecule has 0 amide bonds. The van der Waals surface area contributed by atoms with Crippen molar-refractivity contribution in [3.8, 4) is 0 Å². The molecule has 0 spiro atoms. The van der Waals surface area contributed by atoms with E-state index in [4.69, 9.17) is 10.9 Å². The van der Waals surface area contributed by atoms with E-state index >= 15 is 0 Å². The number of oxime groups is 1. The smallest absolute Gasteiger partial charge is 0.225 e. The molecule has 0 aromatic carbocycles. The van der Waals surface area contributed by atoms with Crippen LogP contribution in [0, 0.1) is 0 Å². The minimum atomic E-state index is 0.273. The maximum absolute atomic E-state index is 8.59. The normalized spacial score (nSPS) is 19.4. The predicted octanol–water partition coefficient (Wildman–Crippen LogP) is 0.124. The summed E-state index contributed by atoms with van der Waals surface area (Å²) >= 11 is 0. The molecule has 1 fully saturated rings. The Kier molecular flexibility index (Phi) is 4.51. The van der Waals surface area contributed by atoms with E-state index in [0.717, 1.165) is 32.1 Å². The molecule has 2 rings (SSSR count). The molecule has 1 aliphatic rings.